The van der Waals surface area contributed by atoms with Crippen LogP contribution in [0.3, 0.4) is 0 Å². The fraction of sp³-hybridized carbons (Fsp3) is 0.318. The Morgan fingerprint density at radius 3 is 2.54 bits per heavy atom. The van der Waals surface area contributed by atoms with Crippen LogP contribution in [0, 0.1) is 13.8 Å². The molecule has 3 aromatic rings. The molecule has 1 N–H and O–H groups in total. The zero-order valence-corrected chi connectivity index (χ0v) is 17.3. The Bertz CT molecular complexity index is 904. The summed E-state index contributed by atoms with van der Waals surface area (Å²) in [6.07, 6.45) is 1.84. The lowest BCUT2D eigenvalue weighted by molar-refractivity contribution is -0.119. The number of nitrogens with zero attached hydrogens (tertiary/aromatic N) is 2. The molecule has 1 heterocycles. The van der Waals surface area contributed by atoms with Gasteiger partial charge in [0.2, 0.25) is 11.8 Å². The van der Waals surface area contributed by atoms with Crippen LogP contribution in [0.5, 0.6) is 0 Å². The third kappa shape index (κ3) is 5.96. The minimum absolute atomic E-state index is 0.0308. The highest BCUT2D eigenvalue weighted by atomic mass is 32.2. The first-order valence-corrected chi connectivity index (χ1v) is 10.4. The van der Waals surface area contributed by atoms with Crippen LogP contribution in [0.25, 0.3) is 11.5 Å². The van der Waals surface area contributed by atoms with Gasteiger partial charge in [0.15, 0.2) is 0 Å². The first-order chi connectivity index (χ1) is 13.5. The van der Waals surface area contributed by atoms with E-state index in [2.05, 4.69) is 33.7 Å². The smallest absolute Gasteiger partial charge is 0.277 e. The van der Waals surface area contributed by atoms with E-state index in [1.165, 1.54) is 17.3 Å². The lowest BCUT2D eigenvalue weighted by Gasteiger charge is -2.13. The number of thioether (sulfide) groups is 1. The molecule has 28 heavy (non-hydrogen) atoms. The van der Waals surface area contributed by atoms with Crippen molar-refractivity contribution >= 4 is 17.7 Å². The van der Waals surface area contributed by atoms with Crippen LogP contribution >= 0.6 is 11.8 Å². The van der Waals surface area contributed by atoms with Gasteiger partial charge >= 0.3 is 0 Å². The Morgan fingerprint density at radius 1 is 1.11 bits per heavy atom. The fourth-order valence-corrected chi connectivity index (χ4v) is 3.60. The van der Waals surface area contributed by atoms with Crippen molar-refractivity contribution in [3.63, 3.8) is 0 Å². The number of carbonyl (C=O) groups is 1. The molecule has 0 saturated carbocycles. The van der Waals surface area contributed by atoms with Gasteiger partial charge in [-0.25, -0.2) is 0 Å². The van der Waals surface area contributed by atoms with Gasteiger partial charge in [0.05, 0.1) is 5.75 Å². The van der Waals surface area contributed by atoms with Crippen molar-refractivity contribution in [2.75, 3.05) is 5.75 Å². The molecule has 0 fully saturated rings. The lowest BCUT2D eigenvalue weighted by atomic mass is 10.1. The van der Waals surface area contributed by atoms with E-state index in [-0.39, 0.29) is 17.7 Å². The van der Waals surface area contributed by atoms with E-state index in [0.29, 0.717) is 11.1 Å². The summed E-state index contributed by atoms with van der Waals surface area (Å²) in [6.45, 7) is 6.09. The number of nitrogens with one attached hydrogen (secondary N) is 1. The summed E-state index contributed by atoms with van der Waals surface area (Å²) >= 11 is 1.26. The Balaban J connectivity index is 1.46. The zero-order chi connectivity index (χ0) is 19.9. The van der Waals surface area contributed by atoms with Crippen molar-refractivity contribution < 1.29 is 9.21 Å². The van der Waals surface area contributed by atoms with Gasteiger partial charge in [-0.15, -0.1) is 10.2 Å². The maximum absolute atomic E-state index is 12.2. The highest BCUT2D eigenvalue weighted by molar-refractivity contribution is 7.99. The molecule has 0 radical (unpaired) electrons. The van der Waals surface area contributed by atoms with Crippen molar-refractivity contribution in [1.29, 1.82) is 0 Å². The summed E-state index contributed by atoms with van der Waals surface area (Å²) < 4.78 is 5.70. The number of aromatic nitrogens is 2. The second kappa shape index (κ2) is 9.55. The Morgan fingerprint density at radius 2 is 1.82 bits per heavy atom. The van der Waals surface area contributed by atoms with E-state index in [9.17, 15) is 4.79 Å². The molecule has 5 nitrogen and oxygen atoms in total. The highest BCUT2D eigenvalue weighted by Gasteiger charge is 2.13. The number of hydrogen-bond acceptors (Lipinski definition) is 5. The largest absolute Gasteiger partial charge is 0.411 e. The molecule has 2 aromatic carbocycles. The van der Waals surface area contributed by atoms with Crippen molar-refractivity contribution in [3.8, 4) is 11.5 Å². The fourth-order valence-electron chi connectivity index (χ4n) is 3.03. The number of amides is 1. The summed E-state index contributed by atoms with van der Waals surface area (Å²) in [4.78, 5) is 12.2. The molecule has 1 aromatic heterocycles. The zero-order valence-electron chi connectivity index (χ0n) is 16.4. The minimum atomic E-state index is -0.0308. The highest BCUT2D eigenvalue weighted by Crippen LogP contribution is 2.24. The lowest BCUT2D eigenvalue weighted by Crippen LogP contribution is -2.34. The third-order valence-electron chi connectivity index (χ3n) is 4.32. The van der Waals surface area contributed by atoms with Gasteiger partial charge in [0, 0.05) is 11.6 Å². The predicted octanol–water partition coefficient (Wildman–Crippen LogP) is 4.58. The van der Waals surface area contributed by atoms with Crippen LogP contribution in [-0.4, -0.2) is 27.9 Å². The van der Waals surface area contributed by atoms with E-state index in [4.69, 9.17) is 4.42 Å². The van der Waals surface area contributed by atoms with E-state index >= 15 is 0 Å². The van der Waals surface area contributed by atoms with Crippen LogP contribution in [0.1, 0.15) is 30.0 Å². The van der Waals surface area contributed by atoms with Crippen molar-refractivity contribution in [3.05, 3.63) is 65.2 Å². The number of hydrogen-bond donors (Lipinski definition) is 1. The van der Waals surface area contributed by atoms with Crippen LogP contribution in [0.4, 0.5) is 0 Å². The molecule has 3 rings (SSSR count). The minimum Gasteiger partial charge on any atom is -0.411 e. The molecule has 0 bridgehead atoms. The van der Waals surface area contributed by atoms with Gasteiger partial charge in [-0.05, 0) is 51.3 Å². The van der Waals surface area contributed by atoms with E-state index < -0.39 is 0 Å². The molecule has 1 atom stereocenters. The monoisotopic (exact) mass is 395 g/mol. The third-order valence-corrected chi connectivity index (χ3v) is 5.14. The molecule has 0 spiro atoms. The van der Waals surface area contributed by atoms with E-state index in [0.717, 1.165) is 29.5 Å². The maximum Gasteiger partial charge on any atom is 0.277 e. The number of benzene rings is 2. The molecule has 0 aliphatic rings. The number of aryl methyl sites for hydroxylation is 3. The first kappa shape index (κ1) is 20.1. The summed E-state index contributed by atoms with van der Waals surface area (Å²) in [5, 5.41) is 11.6. The normalized spacial score (nSPS) is 12.0. The molecule has 6 heteroatoms. The average Bonchev–Trinajstić information content (AvgIpc) is 3.14. The molecular formula is C22H25N3O2S. The molecular weight excluding hydrogens is 370 g/mol. The summed E-state index contributed by atoms with van der Waals surface area (Å²) in [6, 6.07) is 16.5. The van der Waals surface area contributed by atoms with Crippen molar-refractivity contribution in [2.24, 2.45) is 0 Å². The molecule has 1 amide bonds. The Hall–Kier alpha value is -2.60. The van der Waals surface area contributed by atoms with Crippen LogP contribution in [0.2, 0.25) is 0 Å². The molecule has 1 unspecified atom stereocenters. The van der Waals surface area contributed by atoms with Crippen molar-refractivity contribution in [1.82, 2.24) is 15.5 Å². The molecule has 0 aliphatic carbocycles. The summed E-state index contributed by atoms with van der Waals surface area (Å²) in [7, 11) is 0. The number of carbonyl (C=O) groups excluding carboxylic acids is 1. The molecule has 0 saturated heterocycles. The summed E-state index contributed by atoms with van der Waals surface area (Å²) in [5.74, 6) is 0.701. The van der Waals surface area contributed by atoms with Crippen LogP contribution < -0.4 is 5.32 Å². The SMILES string of the molecule is Cc1cc(C)cc(-c2nnc(SCC(=O)NC(C)CCc3ccccc3)o2)c1. The van der Waals surface area contributed by atoms with Gasteiger partial charge in [-0.2, -0.15) is 0 Å². The number of rotatable bonds is 8. The van der Waals surface area contributed by atoms with E-state index in [1.54, 1.807) is 0 Å². The van der Waals surface area contributed by atoms with E-state index in [1.807, 2.05) is 51.1 Å². The second-order valence-electron chi connectivity index (χ2n) is 7.03. The topological polar surface area (TPSA) is 68.0 Å². The van der Waals surface area contributed by atoms with Crippen molar-refractivity contribution in [2.45, 2.75) is 44.9 Å². The molecule has 146 valence electrons. The Kier molecular flexibility index (Phi) is 6.87. The van der Waals surface area contributed by atoms with Gasteiger partial charge in [0.1, 0.15) is 0 Å². The van der Waals surface area contributed by atoms with Gasteiger partial charge in [0.25, 0.3) is 5.22 Å². The maximum atomic E-state index is 12.2. The quantitative estimate of drug-likeness (QED) is 0.565. The average molecular weight is 396 g/mol. The van der Waals surface area contributed by atoms with Gasteiger partial charge in [-0.3, -0.25) is 4.79 Å². The van der Waals surface area contributed by atoms with Crippen LogP contribution in [0.15, 0.2) is 58.2 Å². The predicted molar refractivity (Wildman–Crippen MR) is 112 cm³/mol. The summed E-state index contributed by atoms with van der Waals surface area (Å²) in [5.41, 5.74) is 4.47. The van der Waals surface area contributed by atoms with Gasteiger partial charge < -0.3 is 9.73 Å². The standard InChI is InChI=1S/C22H25N3O2S/c1-15-11-16(2)13-19(12-15)21-24-25-22(27-21)28-14-20(26)23-17(3)9-10-18-7-5-4-6-8-18/h4-8,11-13,17H,9-10,14H2,1-3H3,(H,23,26). The van der Waals surface area contributed by atoms with Crippen LogP contribution in [-0.2, 0) is 11.2 Å². The first-order valence-electron chi connectivity index (χ1n) is 9.38. The van der Waals surface area contributed by atoms with Gasteiger partial charge in [-0.1, -0.05) is 59.3 Å². The second-order valence-corrected chi connectivity index (χ2v) is 7.96. The molecule has 0 aliphatic heterocycles. The Labute approximate surface area is 170 Å².